The van der Waals surface area contributed by atoms with Gasteiger partial charge in [0.2, 0.25) is 0 Å². The molecule has 15 heavy (non-hydrogen) atoms. The highest BCUT2D eigenvalue weighted by molar-refractivity contribution is 6.29. The van der Waals surface area contributed by atoms with Crippen LogP contribution in [0.2, 0.25) is 5.15 Å². The van der Waals surface area contributed by atoms with Crippen molar-refractivity contribution >= 4 is 17.6 Å². The van der Waals surface area contributed by atoms with Gasteiger partial charge in [-0.1, -0.05) is 11.6 Å². The standard InChI is InChI=1S/C9H9ClN2O3/c1-15-9(14)5-2-3-7-11-6(10)4-8(13)12(5)7/h4-5H,2-3H2,1H3/t5-/m0/s1. The third-order valence-electron chi connectivity index (χ3n) is 2.42. The first kappa shape index (κ1) is 10.2. The summed E-state index contributed by atoms with van der Waals surface area (Å²) in [5.74, 6) is 0.128. The van der Waals surface area contributed by atoms with Crippen LogP contribution in [0.1, 0.15) is 18.3 Å². The number of carbonyl (C=O) groups excluding carboxylic acids is 1. The fourth-order valence-corrected chi connectivity index (χ4v) is 1.96. The van der Waals surface area contributed by atoms with Gasteiger partial charge in [-0.3, -0.25) is 9.36 Å². The zero-order valence-corrected chi connectivity index (χ0v) is 8.82. The molecule has 0 N–H and O–H groups in total. The molecular weight excluding hydrogens is 220 g/mol. The van der Waals surface area contributed by atoms with Gasteiger partial charge in [-0.05, 0) is 6.42 Å². The Hall–Kier alpha value is -1.36. The second-order valence-corrected chi connectivity index (χ2v) is 3.67. The van der Waals surface area contributed by atoms with Crippen LogP contribution in [0.5, 0.6) is 0 Å². The molecule has 2 rings (SSSR count). The quantitative estimate of drug-likeness (QED) is 0.521. The van der Waals surface area contributed by atoms with Gasteiger partial charge in [0, 0.05) is 12.5 Å². The van der Waals surface area contributed by atoms with Crippen LogP contribution >= 0.6 is 11.6 Å². The van der Waals surface area contributed by atoms with Crippen molar-refractivity contribution in [1.29, 1.82) is 0 Å². The smallest absolute Gasteiger partial charge is 0.329 e. The van der Waals surface area contributed by atoms with E-state index in [1.54, 1.807) is 0 Å². The Morgan fingerprint density at radius 3 is 3.13 bits per heavy atom. The lowest BCUT2D eigenvalue weighted by Crippen LogP contribution is -2.28. The molecule has 1 atom stereocenters. The first-order valence-electron chi connectivity index (χ1n) is 4.49. The SMILES string of the molecule is COC(=O)[C@@H]1CCc2nc(Cl)cc(=O)n21. The number of aromatic nitrogens is 2. The van der Waals surface area contributed by atoms with Crippen molar-refractivity contribution in [2.45, 2.75) is 18.9 Å². The van der Waals surface area contributed by atoms with Crippen LogP contribution in [0.4, 0.5) is 0 Å². The molecule has 0 spiro atoms. The summed E-state index contributed by atoms with van der Waals surface area (Å²) in [7, 11) is 1.30. The van der Waals surface area contributed by atoms with E-state index in [2.05, 4.69) is 9.72 Å². The van der Waals surface area contributed by atoms with E-state index < -0.39 is 12.0 Å². The summed E-state index contributed by atoms with van der Waals surface area (Å²) in [4.78, 5) is 27.0. The second-order valence-electron chi connectivity index (χ2n) is 3.28. The van der Waals surface area contributed by atoms with E-state index in [0.29, 0.717) is 18.7 Å². The molecule has 0 amide bonds. The van der Waals surface area contributed by atoms with Gasteiger partial charge in [-0.15, -0.1) is 0 Å². The Bertz CT molecular complexity index is 469. The minimum atomic E-state index is -0.553. The van der Waals surface area contributed by atoms with Crippen molar-refractivity contribution in [3.05, 3.63) is 27.4 Å². The maximum atomic E-state index is 11.6. The molecule has 1 aliphatic rings. The van der Waals surface area contributed by atoms with Crippen LogP contribution in [0, 0.1) is 0 Å². The van der Waals surface area contributed by atoms with Gasteiger partial charge in [0.15, 0.2) is 0 Å². The molecule has 0 aliphatic carbocycles. The molecule has 1 aromatic rings. The van der Waals surface area contributed by atoms with Crippen molar-refractivity contribution in [1.82, 2.24) is 9.55 Å². The molecule has 6 heteroatoms. The van der Waals surface area contributed by atoms with Crippen LogP contribution in [-0.2, 0) is 16.0 Å². The van der Waals surface area contributed by atoms with Gasteiger partial charge in [0.05, 0.1) is 7.11 Å². The number of carbonyl (C=O) groups is 1. The molecule has 0 saturated carbocycles. The average Bonchev–Trinajstić information content (AvgIpc) is 2.60. The predicted octanol–water partition coefficient (Wildman–Crippen LogP) is 0.557. The van der Waals surface area contributed by atoms with Gasteiger partial charge in [-0.25, -0.2) is 9.78 Å². The van der Waals surface area contributed by atoms with Crippen LogP contribution < -0.4 is 5.56 Å². The van der Waals surface area contributed by atoms with Crippen molar-refractivity contribution in [2.75, 3.05) is 7.11 Å². The van der Waals surface area contributed by atoms with Crippen molar-refractivity contribution in [3.8, 4) is 0 Å². The minimum absolute atomic E-state index is 0.164. The van der Waals surface area contributed by atoms with Crippen LogP contribution in [0.25, 0.3) is 0 Å². The van der Waals surface area contributed by atoms with E-state index >= 15 is 0 Å². The van der Waals surface area contributed by atoms with E-state index in [9.17, 15) is 9.59 Å². The van der Waals surface area contributed by atoms with Gasteiger partial charge in [0.25, 0.3) is 5.56 Å². The lowest BCUT2D eigenvalue weighted by Gasteiger charge is -2.10. The predicted molar refractivity (Wildman–Crippen MR) is 52.9 cm³/mol. The Morgan fingerprint density at radius 1 is 1.73 bits per heavy atom. The van der Waals surface area contributed by atoms with E-state index in [-0.39, 0.29) is 10.7 Å². The molecule has 0 unspecified atom stereocenters. The summed E-state index contributed by atoms with van der Waals surface area (Å²) in [6.45, 7) is 0. The highest BCUT2D eigenvalue weighted by Gasteiger charge is 2.30. The van der Waals surface area contributed by atoms with Gasteiger partial charge < -0.3 is 4.74 Å². The highest BCUT2D eigenvalue weighted by atomic mass is 35.5. The summed E-state index contributed by atoms with van der Waals surface area (Å²) in [6.07, 6.45) is 1.10. The number of halogens is 1. The minimum Gasteiger partial charge on any atom is -0.467 e. The summed E-state index contributed by atoms with van der Waals surface area (Å²) >= 11 is 5.65. The van der Waals surface area contributed by atoms with Crippen LogP contribution in [0.3, 0.4) is 0 Å². The number of fused-ring (bicyclic) bond motifs is 1. The first-order valence-corrected chi connectivity index (χ1v) is 4.87. The van der Waals surface area contributed by atoms with E-state index in [1.807, 2.05) is 0 Å². The maximum Gasteiger partial charge on any atom is 0.329 e. The summed E-state index contributed by atoms with van der Waals surface area (Å²) in [5, 5.41) is 0.164. The van der Waals surface area contributed by atoms with Crippen molar-refractivity contribution < 1.29 is 9.53 Å². The molecule has 0 fully saturated rings. The zero-order valence-electron chi connectivity index (χ0n) is 8.07. The lowest BCUT2D eigenvalue weighted by atomic mass is 10.2. The fraction of sp³-hybridized carbons (Fsp3) is 0.444. The number of esters is 1. The molecule has 5 nitrogen and oxygen atoms in total. The molecule has 80 valence electrons. The molecule has 1 aliphatic heterocycles. The van der Waals surface area contributed by atoms with Gasteiger partial charge in [0.1, 0.15) is 17.0 Å². The molecular formula is C9H9ClN2O3. The van der Waals surface area contributed by atoms with Gasteiger partial charge in [-0.2, -0.15) is 0 Å². The Kier molecular flexibility index (Phi) is 2.48. The number of ether oxygens (including phenoxy) is 1. The third kappa shape index (κ3) is 1.63. The number of nitrogens with zero attached hydrogens (tertiary/aromatic N) is 2. The summed E-state index contributed by atoms with van der Waals surface area (Å²) in [6, 6.07) is 0.647. The maximum absolute atomic E-state index is 11.6. The number of methoxy groups -OCH3 is 1. The number of aryl methyl sites for hydroxylation is 1. The van der Waals surface area contributed by atoms with Crippen molar-refractivity contribution in [3.63, 3.8) is 0 Å². The summed E-state index contributed by atoms with van der Waals surface area (Å²) in [5.41, 5.74) is -0.307. The zero-order chi connectivity index (χ0) is 11.0. The lowest BCUT2D eigenvalue weighted by molar-refractivity contribution is -0.144. The van der Waals surface area contributed by atoms with Crippen LogP contribution in [0.15, 0.2) is 10.9 Å². The van der Waals surface area contributed by atoms with E-state index in [1.165, 1.54) is 17.7 Å². The van der Waals surface area contributed by atoms with Gasteiger partial charge >= 0.3 is 5.97 Å². The Balaban J connectivity index is 2.51. The average molecular weight is 229 g/mol. The molecule has 2 heterocycles. The topological polar surface area (TPSA) is 61.2 Å². The molecule has 0 saturated heterocycles. The molecule has 0 radical (unpaired) electrons. The molecule has 0 aromatic carbocycles. The summed E-state index contributed by atoms with van der Waals surface area (Å²) < 4.78 is 5.96. The second kappa shape index (κ2) is 3.66. The largest absolute Gasteiger partial charge is 0.467 e. The number of hydrogen-bond donors (Lipinski definition) is 0. The van der Waals surface area contributed by atoms with Crippen LogP contribution in [-0.4, -0.2) is 22.6 Å². The monoisotopic (exact) mass is 228 g/mol. The Morgan fingerprint density at radius 2 is 2.47 bits per heavy atom. The third-order valence-corrected chi connectivity index (χ3v) is 2.61. The molecule has 0 bridgehead atoms. The molecule has 1 aromatic heterocycles. The number of hydrogen-bond acceptors (Lipinski definition) is 4. The van der Waals surface area contributed by atoms with E-state index in [0.717, 1.165) is 0 Å². The fourth-order valence-electron chi connectivity index (χ4n) is 1.77. The van der Waals surface area contributed by atoms with E-state index in [4.69, 9.17) is 11.6 Å². The van der Waals surface area contributed by atoms with Crippen molar-refractivity contribution in [2.24, 2.45) is 0 Å². The first-order chi connectivity index (χ1) is 7.13. The normalized spacial score (nSPS) is 18.7. The Labute approximate surface area is 90.6 Å². The number of rotatable bonds is 1. The highest BCUT2D eigenvalue weighted by Crippen LogP contribution is 2.23.